The molecule has 0 radical (unpaired) electrons. The number of pyridine rings is 1. The third kappa shape index (κ3) is 3.73. The van der Waals surface area contributed by atoms with Crippen LogP contribution in [0.15, 0.2) is 23.4 Å². The number of halogens is 2. The van der Waals surface area contributed by atoms with Gasteiger partial charge in [-0.25, -0.2) is 17.8 Å². The lowest BCUT2D eigenvalue weighted by Gasteiger charge is -2.20. The lowest BCUT2D eigenvalue weighted by Crippen LogP contribution is -2.34. The molecule has 0 fully saturated rings. The van der Waals surface area contributed by atoms with Crippen LogP contribution in [0.25, 0.3) is 0 Å². The molecule has 18 heavy (non-hydrogen) atoms. The molecule has 102 valence electrons. The summed E-state index contributed by atoms with van der Waals surface area (Å²) in [4.78, 5) is 3.64. The van der Waals surface area contributed by atoms with Crippen LogP contribution in [-0.2, 0) is 10.0 Å². The molecule has 0 unspecified atom stereocenters. The van der Waals surface area contributed by atoms with E-state index in [0.717, 1.165) is 18.9 Å². The number of hydrogen-bond acceptors (Lipinski definition) is 3. The monoisotopic (exact) mass is 338 g/mol. The molecule has 0 aromatic carbocycles. The van der Waals surface area contributed by atoms with Gasteiger partial charge in [0.05, 0.1) is 0 Å². The molecule has 0 aliphatic heterocycles. The molecule has 1 rings (SSSR count). The van der Waals surface area contributed by atoms with Gasteiger partial charge in [-0.1, -0.05) is 29.3 Å². The molecule has 0 spiro atoms. The predicted molar refractivity (Wildman–Crippen MR) is 71.7 cm³/mol. The highest BCUT2D eigenvalue weighted by Crippen LogP contribution is 2.17. The quantitative estimate of drug-likeness (QED) is 0.717. The fourth-order valence-electron chi connectivity index (χ4n) is 1.46. The minimum Gasteiger partial charge on any atom is -0.241 e. The van der Waals surface area contributed by atoms with Gasteiger partial charge in [0.1, 0.15) is 0 Å². The molecule has 0 saturated heterocycles. The SMILES string of the molecule is CCCCN(CCBr)S(=O)(=O)c1ncccc1F. The van der Waals surface area contributed by atoms with Crippen LogP contribution in [0, 0.1) is 5.82 Å². The van der Waals surface area contributed by atoms with E-state index in [0.29, 0.717) is 18.4 Å². The predicted octanol–water partition coefficient (Wildman–Crippen LogP) is 2.41. The maximum Gasteiger partial charge on any atom is 0.263 e. The molecule has 0 saturated carbocycles. The van der Waals surface area contributed by atoms with Gasteiger partial charge in [0.25, 0.3) is 10.0 Å². The third-order valence-corrected chi connectivity index (χ3v) is 4.59. The number of alkyl halides is 1. The highest BCUT2D eigenvalue weighted by molar-refractivity contribution is 9.09. The molecule has 1 aromatic rings. The van der Waals surface area contributed by atoms with Gasteiger partial charge in [-0.3, -0.25) is 0 Å². The molecule has 0 N–H and O–H groups in total. The van der Waals surface area contributed by atoms with E-state index in [1.54, 1.807) is 0 Å². The smallest absolute Gasteiger partial charge is 0.241 e. The summed E-state index contributed by atoms with van der Waals surface area (Å²) in [5.74, 6) is -0.812. The normalized spacial score (nSPS) is 12.0. The molecule has 1 heterocycles. The van der Waals surface area contributed by atoms with Crippen LogP contribution in [-0.4, -0.2) is 36.1 Å². The Labute approximate surface area is 115 Å². The van der Waals surface area contributed by atoms with E-state index in [1.807, 2.05) is 6.92 Å². The zero-order valence-electron chi connectivity index (χ0n) is 10.1. The van der Waals surface area contributed by atoms with E-state index < -0.39 is 20.9 Å². The van der Waals surface area contributed by atoms with Gasteiger partial charge in [-0.05, 0) is 18.6 Å². The fraction of sp³-hybridized carbons (Fsp3) is 0.545. The first-order valence-corrected chi connectivity index (χ1v) is 8.26. The molecule has 0 aliphatic carbocycles. The second-order valence-corrected chi connectivity index (χ2v) is 6.38. The number of hydrogen-bond donors (Lipinski definition) is 0. The minimum atomic E-state index is -3.85. The van der Waals surface area contributed by atoms with Crippen molar-refractivity contribution >= 4 is 26.0 Å². The van der Waals surface area contributed by atoms with E-state index in [1.165, 1.54) is 16.6 Å². The topological polar surface area (TPSA) is 50.3 Å². The van der Waals surface area contributed by atoms with Crippen molar-refractivity contribution in [1.82, 2.24) is 9.29 Å². The van der Waals surface area contributed by atoms with Crippen LogP contribution in [0.2, 0.25) is 0 Å². The van der Waals surface area contributed by atoms with Crippen molar-refractivity contribution < 1.29 is 12.8 Å². The van der Waals surface area contributed by atoms with Gasteiger partial charge < -0.3 is 0 Å². The molecule has 1 aromatic heterocycles. The van der Waals surface area contributed by atoms with Crippen molar-refractivity contribution in [2.45, 2.75) is 24.8 Å². The van der Waals surface area contributed by atoms with Crippen LogP contribution in [0.4, 0.5) is 4.39 Å². The van der Waals surface area contributed by atoms with Gasteiger partial charge >= 0.3 is 0 Å². The Morgan fingerprint density at radius 1 is 1.44 bits per heavy atom. The Kier molecular flexibility index (Phi) is 6.17. The average molecular weight is 339 g/mol. The highest BCUT2D eigenvalue weighted by Gasteiger charge is 2.27. The summed E-state index contributed by atoms with van der Waals surface area (Å²) in [5.41, 5.74) is 0. The van der Waals surface area contributed by atoms with Crippen molar-refractivity contribution in [2.24, 2.45) is 0 Å². The molecular weight excluding hydrogens is 323 g/mol. The zero-order valence-corrected chi connectivity index (χ0v) is 12.5. The van der Waals surface area contributed by atoms with Crippen LogP contribution in [0.5, 0.6) is 0 Å². The first-order chi connectivity index (χ1) is 8.54. The highest BCUT2D eigenvalue weighted by atomic mass is 79.9. The van der Waals surface area contributed by atoms with E-state index in [-0.39, 0.29) is 0 Å². The second-order valence-electron chi connectivity index (χ2n) is 3.74. The van der Waals surface area contributed by atoms with Gasteiger partial charge in [-0.2, -0.15) is 4.31 Å². The molecule has 4 nitrogen and oxygen atoms in total. The summed E-state index contributed by atoms with van der Waals surface area (Å²) in [6.45, 7) is 2.65. The zero-order chi connectivity index (χ0) is 13.6. The van der Waals surface area contributed by atoms with E-state index in [4.69, 9.17) is 0 Å². The van der Waals surface area contributed by atoms with Crippen LogP contribution in [0.3, 0.4) is 0 Å². The first-order valence-electron chi connectivity index (χ1n) is 5.70. The fourth-order valence-corrected chi connectivity index (χ4v) is 3.58. The Morgan fingerprint density at radius 3 is 2.72 bits per heavy atom. The maximum absolute atomic E-state index is 13.5. The van der Waals surface area contributed by atoms with Crippen molar-refractivity contribution in [2.75, 3.05) is 18.4 Å². The van der Waals surface area contributed by atoms with Crippen molar-refractivity contribution in [3.8, 4) is 0 Å². The van der Waals surface area contributed by atoms with E-state index in [9.17, 15) is 12.8 Å². The van der Waals surface area contributed by atoms with Crippen LogP contribution < -0.4 is 0 Å². The Morgan fingerprint density at radius 2 is 2.17 bits per heavy atom. The summed E-state index contributed by atoms with van der Waals surface area (Å²) in [6.07, 6.45) is 2.89. The number of aromatic nitrogens is 1. The lowest BCUT2D eigenvalue weighted by atomic mass is 10.3. The van der Waals surface area contributed by atoms with Crippen molar-refractivity contribution in [3.05, 3.63) is 24.1 Å². The Balaban J connectivity index is 3.05. The van der Waals surface area contributed by atoms with E-state index in [2.05, 4.69) is 20.9 Å². The van der Waals surface area contributed by atoms with Gasteiger partial charge in [0, 0.05) is 24.6 Å². The standard InChI is InChI=1S/C11H16BrFN2O2S/c1-2-3-8-15(9-6-12)18(16,17)11-10(13)5-4-7-14-11/h4-5,7H,2-3,6,8-9H2,1H3. The van der Waals surface area contributed by atoms with Crippen molar-refractivity contribution in [3.63, 3.8) is 0 Å². The minimum absolute atomic E-state index is 0.304. The Hall–Kier alpha value is -0.530. The molecular formula is C11H16BrFN2O2S. The summed E-state index contributed by atoms with van der Waals surface area (Å²) in [5, 5.41) is 0.00626. The number of unbranched alkanes of at least 4 members (excludes halogenated alkanes) is 1. The number of sulfonamides is 1. The third-order valence-electron chi connectivity index (χ3n) is 2.40. The average Bonchev–Trinajstić information content (AvgIpc) is 2.34. The number of nitrogens with zero attached hydrogens (tertiary/aromatic N) is 2. The van der Waals surface area contributed by atoms with Crippen LogP contribution >= 0.6 is 15.9 Å². The maximum atomic E-state index is 13.5. The second kappa shape index (κ2) is 7.16. The summed E-state index contributed by atoms with van der Waals surface area (Å²) < 4.78 is 39.3. The van der Waals surface area contributed by atoms with Crippen LogP contribution in [0.1, 0.15) is 19.8 Å². The summed E-state index contributed by atoms with van der Waals surface area (Å²) in [7, 11) is -3.85. The molecule has 0 atom stereocenters. The van der Waals surface area contributed by atoms with Gasteiger partial charge in [-0.15, -0.1) is 0 Å². The molecule has 0 bridgehead atoms. The van der Waals surface area contributed by atoms with E-state index >= 15 is 0 Å². The van der Waals surface area contributed by atoms with Crippen molar-refractivity contribution in [1.29, 1.82) is 0 Å². The van der Waals surface area contributed by atoms with Gasteiger partial charge in [0.15, 0.2) is 5.82 Å². The summed E-state index contributed by atoms with van der Waals surface area (Å²) >= 11 is 3.21. The number of rotatable bonds is 7. The first kappa shape index (κ1) is 15.5. The largest absolute Gasteiger partial charge is 0.263 e. The van der Waals surface area contributed by atoms with Gasteiger partial charge in [0.2, 0.25) is 5.03 Å². The summed E-state index contributed by atoms with van der Waals surface area (Å²) in [6, 6.07) is 2.47. The molecule has 0 amide bonds. The lowest BCUT2D eigenvalue weighted by molar-refractivity contribution is 0.415. The Bertz CT molecular complexity index is 482. The molecule has 7 heteroatoms. The molecule has 0 aliphatic rings.